The summed E-state index contributed by atoms with van der Waals surface area (Å²) in [5, 5.41) is 8.52. The van der Waals surface area contributed by atoms with Gasteiger partial charge in [0.2, 0.25) is 5.91 Å². The molecule has 0 saturated carbocycles. The average Bonchev–Trinajstić information content (AvgIpc) is 2.74. The van der Waals surface area contributed by atoms with Gasteiger partial charge in [-0.25, -0.2) is 0 Å². The van der Waals surface area contributed by atoms with E-state index >= 15 is 0 Å². The third-order valence-corrected chi connectivity index (χ3v) is 3.39. The van der Waals surface area contributed by atoms with Crippen molar-refractivity contribution in [2.75, 3.05) is 32.1 Å². The Morgan fingerprint density at radius 1 is 1.62 bits per heavy atom. The number of hydrogen-bond acceptors (Lipinski definition) is 5. The van der Waals surface area contributed by atoms with Crippen LogP contribution in [0.1, 0.15) is 0 Å². The highest BCUT2D eigenvalue weighted by Crippen LogP contribution is 2.12. The SMILES string of the molecule is O=C1NC(C(=O)NCC2COCCN2)CS1. The molecule has 7 heteroatoms. The third kappa shape index (κ3) is 3.10. The largest absolute Gasteiger partial charge is 0.378 e. The first-order valence-electron chi connectivity index (χ1n) is 5.28. The first kappa shape index (κ1) is 11.7. The summed E-state index contributed by atoms with van der Waals surface area (Å²) in [6.45, 7) is 2.69. The van der Waals surface area contributed by atoms with Gasteiger partial charge in [0.05, 0.1) is 13.2 Å². The Morgan fingerprint density at radius 2 is 2.50 bits per heavy atom. The van der Waals surface area contributed by atoms with Gasteiger partial charge in [0.1, 0.15) is 6.04 Å². The summed E-state index contributed by atoms with van der Waals surface area (Å²) in [7, 11) is 0. The Balaban J connectivity index is 1.68. The number of morpholine rings is 1. The van der Waals surface area contributed by atoms with Gasteiger partial charge in [0.25, 0.3) is 5.24 Å². The Bertz CT molecular complexity index is 281. The van der Waals surface area contributed by atoms with E-state index in [1.165, 1.54) is 0 Å². The van der Waals surface area contributed by atoms with Crippen molar-refractivity contribution < 1.29 is 14.3 Å². The van der Waals surface area contributed by atoms with E-state index in [2.05, 4.69) is 16.0 Å². The van der Waals surface area contributed by atoms with Crippen molar-refractivity contribution in [2.45, 2.75) is 12.1 Å². The van der Waals surface area contributed by atoms with Gasteiger partial charge in [-0.1, -0.05) is 11.8 Å². The van der Waals surface area contributed by atoms with Gasteiger partial charge < -0.3 is 20.7 Å². The summed E-state index contributed by atoms with van der Waals surface area (Å²) in [6, 6.07) is -0.218. The summed E-state index contributed by atoms with van der Waals surface area (Å²) >= 11 is 1.14. The van der Waals surface area contributed by atoms with Gasteiger partial charge in [-0.15, -0.1) is 0 Å². The molecular weight excluding hydrogens is 230 g/mol. The van der Waals surface area contributed by atoms with Crippen molar-refractivity contribution in [1.29, 1.82) is 0 Å². The van der Waals surface area contributed by atoms with E-state index in [0.717, 1.165) is 24.9 Å². The first-order valence-corrected chi connectivity index (χ1v) is 6.26. The van der Waals surface area contributed by atoms with Crippen LogP contribution in [0.2, 0.25) is 0 Å². The minimum atomic E-state index is -0.387. The van der Waals surface area contributed by atoms with E-state index in [1.54, 1.807) is 0 Å². The van der Waals surface area contributed by atoms with E-state index in [-0.39, 0.29) is 23.2 Å². The van der Waals surface area contributed by atoms with E-state index in [1.807, 2.05) is 0 Å². The first-order chi connectivity index (χ1) is 7.75. The van der Waals surface area contributed by atoms with E-state index < -0.39 is 0 Å². The molecule has 2 aliphatic rings. The molecule has 0 bridgehead atoms. The van der Waals surface area contributed by atoms with Crippen LogP contribution in [0.3, 0.4) is 0 Å². The van der Waals surface area contributed by atoms with Crippen LogP contribution in [0, 0.1) is 0 Å². The zero-order valence-electron chi connectivity index (χ0n) is 8.82. The predicted molar refractivity (Wildman–Crippen MR) is 60.4 cm³/mol. The van der Waals surface area contributed by atoms with E-state index in [0.29, 0.717) is 18.9 Å². The molecule has 0 aliphatic carbocycles. The number of amides is 2. The van der Waals surface area contributed by atoms with Gasteiger partial charge in [-0.3, -0.25) is 9.59 Å². The van der Waals surface area contributed by atoms with Crippen LogP contribution in [-0.4, -0.2) is 55.3 Å². The molecule has 2 unspecified atom stereocenters. The van der Waals surface area contributed by atoms with Crippen molar-refractivity contribution in [1.82, 2.24) is 16.0 Å². The molecule has 6 nitrogen and oxygen atoms in total. The number of ether oxygens (including phenoxy) is 1. The van der Waals surface area contributed by atoms with Crippen LogP contribution >= 0.6 is 11.8 Å². The number of carbonyl (C=O) groups excluding carboxylic acids is 2. The maximum absolute atomic E-state index is 11.6. The fourth-order valence-corrected chi connectivity index (χ4v) is 2.40. The summed E-state index contributed by atoms with van der Waals surface area (Å²) in [6.07, 6.45) is 0. The lowest BCUT2D eigenvalue weighted by Gasteiger charge is -2.24. The van der Waals surface area contributed by atoms with E-state index in [9.17, 15) is 9.59 Å². The standard InChI is InChI=1S/C9H15N3O3S/c13-8(7-5-16-9(14)12-7)11-3-6-4-15-2-1-10-6/h6-7,10H,1-5H2,(H,11,13)(H,12,14). The normalized spacial score (nSPS) is 29.9. The molecule has 2 aliphatic heterocycles. The van der Waals surface area contributed by atoms with Crippen LogP contribution in [0.25, 0.3) is 0 Å². The monoisotopic (exact) mass is 245 g/mol. The second-order valence-corrected chi connectivity index (χ2v) is 4.76. The molecule has 2 heterocycles. The van der Waals surface area contributed by atoms with Crippen molar-refractivity contribution >= 4 is 22.9 Å². The maximum atomic E-state index is 11.6. The predicted octanol–water partition coefficient (Wildman–Crippen LogP) is -1.08. The molecule has 2 rings (SSSR count). The van der Waals surface area contributed by atoms with E-state index in [4.69, 9.17) is 4.74 Å². The smallest absolute Gasteiger partial charge is 0.279 e. The Morgan fingerprint density at radius 3 is 3.12 bits per heavy atom. The fourth-order valence-electron chi connectivity index (χ4n) is 1.62. The molecule has 0 aromatic rings. The Kier molecular flexibility index (Phi) is 4.03. The van der Waals surface area contributed by atoms with Crippen molar-refractivity contribution in [3.8, 4) is 0 Å². The van der Waals surface area contributed by atoms with Gasteiger partial charge in [0.15, 0.2) is 0 Å². The number of carbonyl (C=O) groups is 2. The molecule has 0 aromatic carbocycles. The molecule has 0 spiro atoms. The van der Waals surface area contributed by atoms with Gasteiger partial charge >= 0.3 is 0 Å². The number of thioether (sulfide) groups is 1. The lowest BCUT2D eigenvalue weighted by atomic mass is 10.2. The lowest BCUT2D eigenvalue weighted by Crippen LogP contribution is -2.51. The minimum absolute atomic E-state index is 0.120. The average molecular weight is 245 g/mol. The summed E-state index contributed by atoms with van der Waals surface area (Å²) < 4.78 is 5.27. The molecule has 16 heavy (non-hydrogen) atoms. The molecular formula is C9H15N3O3S. The van der Waals surface area contributed by atoms with Crippen LogP contribution in [0.5, 0.6) is 0 Å². The fraction of sp³-hybridized carbons (Fsp3) is 0.778. The summed E-state index contributed by atoms with van der Waals surface area (Å²) in [5.41, 5.74) is 0. The maximum Gasteiger partial charge on any atom is 0.279 e. The molecule has 2 amide bonds. The molecule has 3 N–H and O–H groups in total. The highest BCUT2D eigenvalue weighted by molar-refractivity contribution is 8.14. The number of hydrogen-bond donors (Lipinski definition) is 3. The highest BCUT2D eigenvalue weighted by atomic mass is 32.2. The Labute approximate surface area is 97.9 Å². The Hall–Kier alpha value is -0.790. The molecule has 0 aromatic heterocycles. The second kappa shape index (κ2) is 5.51. The lowest BCUT2D eigenvalue weighted by molar-refractivity contribution is -0.122. The zero-order valence-corrected chi connectivity index (χ0v) is 9.64. The number of rotatable bonds is 3. The minimum Gasteiger partial charge on any atom is -0.378 e. The number of nitrogens with one attached hydrogen (secondary N) is 3. The van der Waals surface area contributed by atoms with Crippen LogP contribution in [0.4, 0.5) is 4.79 Å². The topological polar surface area (TPSA) is 79.5 Å². The van der Waals surface area contributed by atoms with Crippen molar-refractivity contribution in [3.63, 3.8) is 0 Å². The van der Waals surface area contributed by atoms with Crippen molar-refractivity contribution in [2.24, 2.45) is 0 Å². The molecule has 90 valence electrons. The summed E-state index contributed by atoms with van der Waals surface area (Å²) in [5.74, 6) is 0.393. The molecule has 2 saturated heterocycles. The van der Waals surface area contributed by atoms with Crippen molar-refractivity contribution in [3.05, 3.63) is 0 Å². The second-order valence-electron chi connectivity index (χ2n) is 3.77. The summed E-state index contributed by atoms with van der Waals surface area (Å²) in [4.78, 5) is 22.5. The molecule has 0 radical (unpaired) electrons. The molecule has 2 fully saturated rings. The third-order valence-electron chi connectivity index (χ3n) is 2.51. The van der Waals surface area contributed by atoms with Gasteiger partial charge in [-0.2, -0.15) is 0 Å². The van der Waals surface area contributed by atoms with Gasteiger partial charge in [-0.05, 0) is 0 Å². The van der Waals surface area contributed by atoms with Gasteiger partial charge in [0, 0.05) is 24.9 Å². The van der Waals surface area contributed by atoms with Crippen LogP contribution in [-0.2, 0) is 9.53 Å². The molecule has 2 atom stereocenters. The zero-order chi connectivity index (χ0) is 11.4. The van der Waals surface area contributed by atoms with Crippen LogP contribution < -0.4 is 16.0 Å². The van der Waals surface area contributed by atoms with Crippen LogP contribution in [0.15, 0.2) is 0 Å². The quantitative estimate of drug-likeness (QED) is 0.589. The highest BCUT2D eigenvalue weighted by Gasteiger charge is 2.28.